The number of nitrogens with two attached hydrogens (primary N) is 1. The van der Waals surface area contributed by atoms with Gasteiger partial charge in [0, 0.05) is 12.6 Å². The predicted octanol–water partition coefficient (Wildman–Crippen LogP) is 0.409. The van der Waals surface area contributed by atoms with Gasteiger partial charge < -0.3 is 15.8 Å². The highest BCUT2D eigenvalue weighted by Crippen LogP contribution is 2.15. The molecule has 0 aliphatic carbocycles. The second-order valence-corrected chi connectivity index (χ2v) is 4.12. The standard InChI is InChI=1S/C10H20N2O2/c1-3-4-8(2)12-9(13)10(11)5-6-14-7-10/h8H,3-7,11H2,1-2H3,(H,12,13). The molecule has 4 heteroatoms. The maximum Gasteiger partial charge on any atom is 0.242 e. The van der Waals surface area contributed by atoms with Crippen LogP contribution in [0.2, 0.25) is 0 Å². The van der Waals surface area contributed by atoms with E-state index in [4.69, 9.17) is 10.5 Å². The Balaban J connectivity index is 2.40. The summed E-state index contributed by atoms with van der Waals surface area (Å²) in [4.78, 5) is 11.7. The van der Waals surface area contributed by atoms with Gasteiger partial charge in [-0.25, -0.2) is 0 Å². The van der Waals surface area contributed by atoms with E-state index in [1.807, 2.05) is 6.92 Å². The lowest BCUT2D eigenvalue weighted by molar-refractivity contribution is -0.127. The third-order valence-electron chi connectivity index (χ3n) is 2.60. The van der Waals surface area contributed by atoms with Gasteiger partial charge in [-0.15, -0.1) is 0 Å². The molecule has 1 amide bonds. The Labute approximate surface area is 85.2 Å². The first-order valence-electron chi connectivity index (χ1n) is 5.26. The molecule has 0 aromatic heterocycles. The van der Waals surface area contributed by atoms with Crippen molar-refractivity contribution in [3.05, 3.63) is 0 Å². The average molecular weight is 200 g/mol. The molecule has 0 bridgehead atoms. The molecule has 1 fully saturated rings. The summed E-state index contributed by atoms with van der Waals surface area (Å²) >= 11 is 0. The highest BCUT2D eigenvalue weighted by Gasteiger charge is 2.38. The second-order valence-electron chi connectivity index (χ2n) is 4.12. The van der Waals surface area contributed by atoms with Gasteiger partial charge in [0.05, 0.1) is 6.61 Å². The maximum atomic E-state index is 11.7. The molecule has 4 nitrogen and oxygen atoms in total. The molecule has 1 aliphatic rings. The normalized spacial score (nSPS) is 28.8. The SMILES string of the molecule is CCCC(C)NC(=O)C1(N)CCOC1. The van der Waals surface area contributed by atoms with Crippen molar-refractivity contribution in [1.82, 2.24) is 5.32 Å². The molecular weight excluding hydrogens is 180 g/mol. The van der Waals surface area contributed by atoms with Gasteiger partial charge in [0.25, 0.3) is 0 Å². The molecule has 0 aromatic rings. The third kappa shape index (κ3) is 2.69. The zero-order valence-electron chi connectivity index (χ0n) is 9.01. The molecule has 0 spiro atoms. The predicted molar refractivity (Wildman–Crippen MR) is 54.9 cm³/mol. The number of nitrogens with one attached hydrogen (secondary N) is 1. The number of hydrogen-bond acceptors (Lipinski definition) is 3. The molecule has 1 aliphatic heterocycles. The van der Waals surface area contributed by atoms with Gasteiger partial charge >= 0.3 is 0 Å². The van der Waals surface area contributed by atoms with E-state index in [1.165, 1.54) is 0 Å². The van der Waals surface area contributed by atoms with Crippen LogP contribution in [0.1, 0.15) is 33.1 Å². The molecule has 0 aromatic carbocycles. The Bertz CT molecular complexity index is 200. The van der Waals surface area contributed by atoms with Crippen LogP contribution in [-0.4, -0.2) is 30.7 Å². The van der Waals surface area contributed by atoms with Gasteiger partial charge in [0.1, 0.15) is 5.54 Å². The second kappa shape index (κ2) is 4.75. The Kier molecular flexibility index (Phi) is 3.89. The van der Waals surface area contributed by atoms with Crippen LogP contribution in [-0.2, 0) is 9.53 Å². The monoisotopic (exact) mass is 200 g/mol. The van der Waals surface area contributed by atoms with Crippen LogP contribution in [0.25, 0.3) is 0 Å². The molecule has 1 rings (SSSR count). The summed E-state index contributed by atoms with van der Waals surface area (Å²) in [6.45, 7) is 5.03. The van der Waals surface area contributed by atoms with Gasteiger partial charge in [-0.05, 0) is 19.8 Å². The van der Waals surface area contributed by atoms with Gasteiger partial charge in [-0.2, -0.15) is 0 Å². The lowest BCUT2D eigenvalue weighted by Gasteiger charge is -2.23. The first-order valence-corrected chi connectivity index (χ1v) is 5.26. The van der Waals surface area contributed by atoms with Gasteiger partial charge in [-0.3, -0.25) is 4.79 Å². The fourth-order valence-corrected chi connectivity index (χ4v) is 1.63. The molecule has 82 valence electrons. The number of amides is 1. The Morgan fingerprint density at radius 1 is 1.71 bits per heavy atom. The zero-order valence-corrected chi connectivity index (χ0v) is 9.01. The van der Waals surface area contributed by atoms with Crippen molar-refractivity contribution in [2.24, 2.45) is 5.73 Å². The summed E-state index contributed by atoms with van der Waals surface area (Å²) in [5.41, 5.74) is 5.12. The fourth-order valence-electron chi connectivity index (χ4n) is 1.63. The lowest BCUT2D eigenvalue weighted by atomic mass is 9.98. The molecular formula is C10H20N2O2. The van der Waals surface area contributed by atoms with Crippen molar-refractivity contribution in [2.75, 3.05) is 13.2 Å². The van der Waals surface area contributed by atoms with E-state index < -0.39 is 5.54 Å². The molecule has 14 heavy (non-hydrogen) atoms. The van der Waals surface area contributed by atoms with Crippen LogP contribution in [0.5, 0.6) is 0 Å². The first kappa shape index (κ1) is 11.5. The molecule has 1 saturated heterocycles. The van der Waals surface area contributed by atoms with Crippen LogP contribution >= 0.6 is 0 Å². The minimum atomic E-state index is -0.790. The summed E-state index contributed by atoms with van der Waals surface area (Å²) in [5, 5.41) is 2.92. The molecule has 2 unspecified atom stereocenters. The topological polar surface area (TPSA) is 64.4 Å². The summed E-state index contributed by atoms with van der Waals surface area (Å²) in [5.74, 6) is -0.0732. The largest absolute Gasteiger partial charge is 0.379 e. The zero-order chi connectivity index (χ0) is 10.6. The van der Waals surface area contributed by atoms with Gasteiger partial charge in [-0.1, -0.05) is 13.3 Å². The molecule has 3 N–H and O–H groups in total. The number of ether oxygens (including phenoxy) is 1. The summed E-state index contributed by atoms with van der Waals surface area (Å²) < 4.78 is 5.14. The van der Waals surface area contributed by atoms with Crippen molar-refractivity contribution < 1.29 is 9.53 Å². The average Bonchev–Trinajstić information content (AvgIpc) is 2.54. The highest BCUT2D eigenvalue weighted by molar-refractivity contribution is 5.86. The Morgan fingerprint density at radius 3 is 2.93 bits per heavy atom. The van der Waals surface area contributed by atoms with Gasteiger partial charge in [0.2, 0.25) is 5.91 Å². The van der Waals surface area contributed by atoms with E-state index in [-0.39, 0.29) is 11.9 Å². The minimum Gasteiger partial charge on any atom is -0.379 e. The van der Waals surface area contributed by atoms with Crippen LogP contribution in [0.4, 0.5) is 0 Å². The van der Waals surface area contributed by atoms with E-state index in [2.05, 4.69) is 12.2 Å². The number of rotatable bonds is 4. The number of hydrogen-bond donors (Lipinski definition) is 2. The summed E-state index contributed by atoms with van der Waals surface area (Å²) in [6, 6.07) is 0.202. The highest BCUT2D eigenvalue weighted by atomic mass is 16.5. The number of carbonyl (C=O) groups is 1. The number of carbonyl (C=O) groups excluding carboxylic acids is 1. The van der Waals surface area contributed by atoms with E-state index in [1.54, 1.807) is 0 Å². The van der Waals surface area contributed by atoms with Crippen molar-refractivity contribution in [1.29, 1.82) is 0 Å². The smallest absolute Gasteiger partial charge is 0.242 e. The summed E-state index contributed by atoms with van der Waals surface area (Å²) in [6.07, 6.45) is 2.68. The van der Waals surface area contributed by atoms with Crippen LogP contribution in [0, 0.1) is 0 Å². The minimum absolute atomic E-state index is 0.0732. The van der Waals surface area contributed by atoms with Crippen LogP contribution in [0.3, 0.4) is 0 Å². The first-order chi connectivity index (χ1) is 6.58. The van der Waals surface area contributed by atoms with Crippen molar-refractivity contribution in [3.63, 3.8) is 0 Å². The molecule has 2 atom stereocenters. The molecule has 0 saturated carbocycles. The lowest BCUT2D eigenvalue weighted by Crippen LogP contribution is -2.56. The quantitative estimate of drug-likeness (QED) is 0.691. The van der Waals surface area contributed by atoms with E-state index in [9.17, 15) is 4.79 Å². The van der Waals surface area contributed by atoms with E-state index >= 15 is 0 Å². The van der Waals surface area contributed by atoms with E-state index in [0.29, 0.717) is 19.6 Å². The van der Waals surface area contributed by atoms with Crippen molar-refractivity contribution in [2.45, 2.75) is 44.7 Å². The van der Waals surface area contributed by atoms with Crippen LogP contribution in [0.15, 0.2) is 0 Å². The van der Waals surface area contributed by atoms with Crippen molar-refractivity contribution >= 4 is 5.91 Å². The van der Waals surface area contributed by atoms with Crippen molar-refractivity contribution in [3.8, 4) is 0 Å². The molecule has 0 radical (unpaired) electrons. The third-order valence-corrected chi connectivity index (χ3v) is 2.60. The molecule has 1 heterocycles. The van der Waals surface area contributed by atoms with E-state index in [0.717, 1.165) is 12.8 Å². The Morgan fingerprint density at radius 2 is 2.43 bits per heavy atom. The van der Waals surface area contributed by atoms with Crippen LogP contribution < -0.4 is 11.1 Å². The van der Waals surface area contributed by atoms with Gasteiger partial charge in [0.15, 0.2) is 0 Å². The maximum absolute atomic E-state index is 11.7. The summed E-state index contributed by atoms with van der Waals surface area (Å²) in [7, 11) is 0. The Hall–Kier alpha value is -0.610. The fraction of sp³-hybridized carbons (Fsp3) is 0.900.